The molecule has 1 aromatic heterocycles. The Bertz CT molecular complexity index is 483. The normalized spacial score (nSPS) is 21.0. The number of hydrogen-bond donors (Lipinski definition) is 1. The van der Waals surface area contributed by atoms with Crippen LogP contribution in [0, 0.1) is 0 Å². The van der Waals surface area contributed by atoms with Gasteiger partial charge in [0.05, 0.1) is 5.56 Å². The summed E-state index contributed by atoms with van der Waals surface area (Å²) in [4.78, 5) is 14.0. The van der Waals surface area contributed by atoms with E-state index in [0.29, 0.717) is 11.5 Å². The zero-order valence-electron chi connectivity index (χ0n) is 12.8. The third kappa shape index (κ3) is 3.31. The number of aromatic nitrogens is 1. The molecular weight excluding hydrogens is 264 g/mol. The van der Waals surface area contributed by atoms with Gasteiger partial charge in [0, 0.05) is 30.9 Å². The zero-order valence-corrected chi connectivity index (χ0v) is 12.8. The van der Waals surface area contributed by atoms with Gasteiger partial charge in [-0.25, -0.2) is 4.79 Å². The number of aromatic carboxylic acids is 1. The Kier molecular flexibility index (Phi) is 4.63. The molecule has 0 aromatic carbocycles. The second-order valence-corrected chi connectivity index (χ2v) is 6.50. The molecule has 21 heavy (non-hydrogen) atoms. The molecule has 2 aliphatic rings. The molecule has 1 aliphatic heterocycles. The third-order valence-corrected chi connectivity index (χ3v) is 5.08. The maximum atomic E-state index is 11.5. The van der Waals surface area contributed by atoms with E-state index in [1.807, 2.05) is 6.20 Å². The lowest BCUT2D eigenvalue weighted by atomic mass is 9.85. The van der Waals surface area contributed by atoms with Crippen molar-refractivity contribution in [1.29, 1.82) is 0 Å². The summed E-state index contributed by atoms with van der Waals surface area (Å²) in [5.41, 5.74) is 1.62. The summed E-state index contributed by atoms with van der Waals surface area (Å²) in [6, 6.07) is 1.80. The number of rotatable bonds is 5. The van der Waals surface area contributed by atoms with Crippen LogP contribution in [0.3, 0.4) is 0 Å². The lowest BCUT2D eigenvalue weighted by Gasteiger charge is -2.25. The van der Waals surface area contributed by atoms with Crippen molar-refractivity contribution in [1.82, 2.24) is 9.47 Å². The van der Waals surface area contributed by atoms with E-state index in [2.05, 4.69) is 9.47 Å². The first-order valence-corrected chi connectivity index (χ1v) is 8.40. The van der Waals surface area contributed by atoms with Crippen LogP contribution in [0.2, 0.25) is 0 Å². The van der Waals surface area contributed by atoms with Gasteiger partial charge >= 0.3 is 5.97 Å². The fraction of sp³-hybridized carbons (Fsp3) is 0.706. The molecule has 4 nitrogen and oxygen atoms in total. The number of carboxylic acid groups (broad SMARTS) is 1. The fourth-order valence-corrected chi connectivity index (χ4v) is 3.95. The minimum Gasteiger partial charge on any atom is -0.478 e. The van der Waals surface area contributed by atoms with Crippen molar-refractivity contribution >= 4 is 5.97 Å². The monoisotopic (exact) mass is 290 g/mol. The SMILES string of the molecule is O=C(O)c1ccn(CCN2CCCC2)c1C1CCCCC1. The predicted molar refractivity (Wildman–Crippen MR) is 82.9 cm³/mol. The van der Waals surface area contributed by atoms with Crippen LogP contribution in [0.25, 0.3) is 0 Å². The molecule has 0 unspecified atom stereocenters. The Balaban J connectivity index is 1.76. The van der Waals surface area contributed by atoms with Crippen LogP contribution in [-0.4, -0.2) is 40.2 Å². The molecule has 116 valence electrons. The van der Waals surface area contributed by atoms with E-state index >= 15 is 0 Å². The largest absolute Gasteiger partial charge is 0.478 e. The van der Waals surface area contributed by atoms with Crippen molar-refractivity contribution in [2.45, 2.75) is 57.4 Å². The first kappa shape index (κ1) is 14.6. The summed E-state index contributed by atoms with van der Waals surface area (Å²) in [5, 5.41) is 9.47. The highest BCUT2D eigenvalue weighted by Gasteiger charge is 2.25. The highest BCUT2D eigenvalue weighted by Crippen LogP contribution is 2.35. The summed E-state index contributed by atoms with van der Waals surface area (Å²) in [5.74, 6) is -0.325. The van der Waals surface area contributed by atoms with Crippen molar-refractivity contribution in [2.75, 3.05) is 19.6 Å². The molecule has 1 aliphatic carbocycles. The van der Waals surface area contributed by atoms with Crippen molar-refractivity contribution in [2.24, 2.45) is 0 Å². The Morgan fingerprint density at radius 1 is 1.10 bits per heavy atom. The van der Waals surface area contributed by atoms with Crippen LogP contribution >= 0.6 is 0 Å². The van der Waals surface area contributed by atoms with Gasteiger partial charge in [0.1, 0.15) is 0 Å². The fourth-order valence-electron chi connectivity index (χ4n) is 3.95. The summed E-state index contributed by atoms with van der Waals surface area (Å²) >= 11 is 0. The van der Waals surface area contributed by atoms with E-state index in [1.165, 1.54) is 45.2 Å². The lowest BCUT2D eigenvalue weighted by molar-refractivity contribution is 0.0694. The van der Waals surface area contributed by atoms with Crippen LogP contribution in [0.1, 0.15) is 66.9 Å². The predicted octanol–water partition coefficient (Wildman–Crippen LogP) is 3.33. The van der Waals surface area contributed by atoms with E-state index < -0.39 is 5.97 Å². The van der Waals surface area contributed by atoms with Gasteiger partial charge in [-0.1, -0.05) is 19.3 Å². The number of carbonyl (C=O) groups is 1. The molecule has 1 saturated heterocycles. The van der Waals surface area contributed by atoms with Crippen molar-refractivity contribution < 1.29 is 9.90 Å². The summed E-state index contributed by atoms with van der Waals surface area (Å²) in [6.07, 6.45) is 10.7. The quantitative estimate of drug-likeness (QED) is 0.904. The van der Waals surface area contributed by atoms with E-state index in [4.69, 9.17) is 0 Å². The number of likely N-dealkylation sites (tertiary alicyclic amines) is 1. The molecule has 1 N–H and O–H groups in total. The van der Waals surface area contributed by atoms with Gasteiger partial charge in [-0.2, -0.15) is 0 Å². The molecule has 3 rings (SSSR count). The second kappa shape index (κ2) is 6.65. The minimum absolute atomic E-state index is 0.443. The van der Waals surface area contributed by atoms with Gasteiger partial charge in [-0.15, -0.1) is 0 Å². The molecule has 2 heterocycles. The van der Waals surface area contributed by atoms with Gasteiger partial charge in [0.15, 0.2) is 0 Å². The molecule has 0 spiro atoms. The maximum absolute atomic E-state index is 11.5. The van der Waals surface area contributed by atoms with E-state index in [-0.39, 0.29) is 0 Å². The zero-order chi connectivity index (χ0) is 14.7. The van der Waals surface area contributed by atoms with Crippen LogP contribution in [0.15, 0.2) is 12.3 Å². The van der Waals surface area contributed by atoms with Gasteiger partial charge in [0.25, 0.3) is 0 Å². The molecule has 0 radical (unpaired) electrons. The molecule has 2 fully saturated rings. The number of hydrogen-bond acceptors (Lipinski definition) is 2. The van der Waals surface area contributed by atoms with Crippen LogP contribution in [-0.2, 0) is 6.54 Å². The van der Waals surface area contributed by atoms with Crippen molar-refractivity contribution in [3.8, 4) is 0 Å². The summed E-state index contributed by atoms with van der Waals surface area (Å²) < 4.78 is 2.22. The van der Waals surface area contributed by atoms with Crippen LogP contribution in [0.5, 0.6) is 0 Å². The highest BCUT2D eigenvalue weighted by molar-refractivity contribution is 5.89. The smallest absolute Gasteiger partial charge is 0.337 e. The molecule has 0 bridgehead atoms. The lowest BCUT2D eigenvalue weighted by Crippen LogP contribution is -2.25. The Morgan fingerprint density at radius 2 is 1.81 bits per heavy atom. The van der Waals surface area contributed by atoms with E-state index in [9.17, 15) is 9.90 Å². The average Bonchev–Trinajstić information content (AvgIpc) is 3.15. The molecule has 0 atom stereocenters. The van der Waals surface area contributed by atoms with Crippen LogP contribution < -0.4 is 0 Å². The molecule has 1 saturated carbocycles. The van der Waals surface area contributed by atoms with Gasteiger partial charge < -0.3 is 14.6 Å². The number of carboxylic acids is 1. The molecule has 1 aromatic rings. The summed E-state index contributed by atoms with van der Waals surface area (Å²) in [7, 11) is 0. The molecular formula is C17H26N2O2. The van der Waals surface area contributed by atoms with Gasteiger partial charge in [-0.3, -0.25) is 0 Å². The van der Waals surface area contributed by atoms with Crippen LogP contribution in [0.4, 0.5) is 0 Å². The summed E-state index contributed by atoms with van der Waals surface area (Å²) in [6.45, 7) is 4.38. The standard InChI is InChI=1S/C17H26N2O2/c20-17(21)15-8-11-19(13-12-18-9-4-5-10-18)16(15)14-6-2-1-3-7-14/h8,11,14H,1-7,9-10,12-13H2,(H,20,21). The highest BCUT2D eigenvalue weighted by atomic mass is 16.4. The van der Waals surface area contributed by atoms with Gasteiger partial charge in [-0.05, 0) is 44.8 Å². The average molecular weight is 290 g/mol. The second-order valence-electron chi connectivity index (χ2n) is 6.50. The van der Waals surface area contributed by atoms with Crippen molar-refractivity contribution in [3.63, 3.8) is 0 Å². The Morgan fingerprint density at radius 3 is 2.48 bits per heavy atom. The number of nitrogens with zero attached hydrogens (tertiary/aromatic N) is 2. The first-order valence-electron chi connectivity index (χ1n) is 8.40. The topological polar surface area (TPSA) is 45.5 Å². The Labute approximate surface area is 126 Å². The minimum atomic E-state index is -0.768. The molecule has 4 heteroatoms. The van der Waals surface area contributed by atoms with Gasteiger partial charge in [0.2, 0.25) is 0 Å². The third-order valence-electron chi connectivity index (χ3n) is 5.08. The van der Waals surface area contributed by atoms with E-state index in [0.717, 1.165) is 31.6 Å². The van der Waals surface area contributed by atoms with E-state index in [1.54, 1.807) is 6.07 Å². The first-order chi connectivity index (χ1) is 10.3. The Hall–Kier alpha value is -1.29. The maximum Gasteiger partial charge on any atom is 0.337 e. The molecule has 0 amide bonds. The van der Waals surface area contributed by atoms with Crippen molar-refractivity contribution in [3.05, 3.63) is 23.5 Å².